The summed E-state index contributed by atoms with van der Waals surface area (Å²) in [7, 11) is -1.30. The second kappa shape index (κ2) is 6.44. The Morgan fingerprint density at radius 2 is 2.04 bits per heavy atom. The predicted molar refractivity (Wildman–Crippen MR) is 99.5 cm³/mol. The van der Waals surface area contributed by atoms with Gasteiger partial charge in [0, 0.05) is 25.1 Å². The summed E-state index contributed by atoms with van der Waals surface area (Å²) in [4.78, 5) is 22.0. The highest BCUT2D eigenvalue weighted by atomic mass is 32.2. The van der Waals surface area contributed by atoms with Crippen molar-refractivity contribution in [1.29, 1.82) is 0 Å². The third-order valence-corrected chi connectivity index (χ3v) is 5.79. The number of fused-ring (bicyclic) bond motifs is 2. The smallest absolute Gasteiger partial charge is 0.197 e. The standard InChI is InChI=1S/C19H19N3O2S/c1-2-22-11-10-17(23)14-7-5-6-13(18(14)22)12-25(24)19-20-15-8-3-4-9-16(15)21-19/h3-9H,2,10-12H2,1H3,(H,20,21). The first kappa shape index (κ1) is 16.0. The first-order valence-corrected chi connectivity index (χ1v) is 9.72. The minimum atomic E-state index is -1.30. The summed E-state index contributed by atoms with van der Waals surface area (Å²) in [5.41, 5.74) is 4.31. The number of aromatic nitrogens is 2. The molecule has 3 aromatic rings. The van der Waals surface area contributed by atoms with E-state index < -0.39 is 10.8 Å². The van der Waals surface area contributed by atoms with Crippen molar-refractivity contribution in [3.63, 3.8) is 0 Å². The van der Waals surface area contributed by atoms with Crippen molar-refractivity contribution in [2.45, 2.75) is 24.3 Å². The molecule has 1 aliphatic rings. The van der Waals surface area contributed by atoms with E-state index in [1.165, 1.54) is 0 Å². The van der Waals surface area contributed by atoms with Crippen LogP contribution < -0.4 is 4.90 Å². The Bertz CT molecular complexity index is 947. The zero-order valence-electron chi connectivity index (χ0n) is 14.0. The normalized spacial score (nSPS) is 15.4. The number of hydrogen-bond acceptors (Lipinski definition) is 4. The number of nitrogens with zero attached hydrogens (tertiary/aromatic N) is 2. The minimum Gasteiger partial charge on any atom is -0.371 e. The maximum absolute atomic E-state index is 12.9. The fraction of sp³-hybridized carbons (Fsp3) is 0.263. The second-order valence-corrected chi connectivity index (χ2v) is 7.48. The molecule has 25 heavy (non-hydrogen) atoms. The molecule has 0 amide bonds. The fourth-order valence-corrected chi connectivity index (χ4v) is 4.43. The molecule has 1 unspecified atom stereocenters. The van der Waals surface area contributed by atoms with Crippen LogP contribution in [0.25, 0.3) is 11.0 Å². The summed E-state index contributed by atoms with van der Waals surface area (Å²) in [5, 5.41) is 0.476. The summed E-state index contributed by atoms with van der Waals surface area (Å²) < 4.78 is 12.9. The number of carbonyl (C=O) groups is 1. The summed E-state index contributed by atoms with van der Waals surface area (Å²) >= 11 is 0. The highest BCUT2D eigenvalue weighted by Gasteiger charge is 2.25. The van der Waals surface area contributed by atoms with Crippen LogP contribution >= 0.6 is 0 Å². The van der Waals surface area contributed by atoms with Gasteiger partial charge in [-0.15, -0.1) is 0 Å². The molecular weight excluding hydrogens is 334 g/mol. The number of para-hydroxylation sites is 3. The number of rotatable bonds is 4. The van der Waals surface area contributed by atoms with Gasteiger partial charge in [0.05, 0.1) is 33.3 Å². The topological polar surface area (TPSA) is 66.1 Å². The van der Waals surface area contributed by atoms with Gasteiger partial charge in [0.2, 0.25) is 0 Å². The summed E-state index contributed by atoms with van der Waals surface area (Å²) in [5.74, 6) is 0.503. The molecule has 2 heterocycles. The van der Waals surface area contributed by atoms with Gasteiger partial charge in [-0.1, -0.05) is 24.3 Å². The molecule has 0 radical (unpaired) electrons. The highest BCUT2D eigenvalue weighted by molar-refractivity contribution is 7.84. The summed E-state index contributed by atoms with van der Waals surface area (Å²) in [6.07, 6.45) is 0.539. The number of benzene rings is 2. The molecule has 0 aliphatic carbocycles. The molecule has 0 fully saturated rings. The van der Waals surface area contributed by atoms with Gasteiger partial charge in [0.25, 0.3) is 0 Å². The maximum Gasteiger partial charge on any atom is 0.197 e. The lowest BCUT2D eigenvalue weighted by atomic mass is 9.97. The Morgan fingerprint density at radius 3 is 2.84 bits per heavy atom. The molecule has 5 nitrogen and oxygen atoms in total. The van der Waals surface area contributed by atoms with Crippen LogP contribution in [0, 0.1) is 0 Å². The van der Waals surface area contributed by atoms with Crippen LogP contribution in [0.5, 0.6) is 0 Å². The lowest BCUT2D eigenvalue weighted by molar-refractivity contribution is 0.0980. The SMILES string of the molecule is CCN1CCC(=O)c2cccc(CS(=O)c3nc4ccccc4[nH]3)c21. The van der Waals surface area contributed by atoms with Crippen LogP contribution in [-0.4, -0.2) is 33.0 Å². The molecule has 1 aromatic heterocycles. The van der Waals surface area contributed by atoms with Crippen molar-refractivity contribution in [2.24, 2.45) is 0 Å². The molecule has 0 spiro atoms. The van der Waals surface area contributed by atoms with Gasteiger partial charge in [-0.25, -0.2) is 4.98 Å². The number of ketones is 1. The minimum absolute atomic E-state index is 0.163. The van der Waals surface area contributed by atoms with Crippen LogP contribution in [-0.2, 0) is 16.6 Å². The van der Waals surface area contributed by atoms with Gasteiger partial charge in [-0.3, -0.25) is 9.00 Å². The van der Waals surface area contributed by atoms with Crippen LogP contribution in [0.3, 0.4) is 0 Å². The molecule has 2 aromatic carbocycles. The summed E-state index contributed by atoms with van der Waals surface area (Å²) in [6, 6.07) is 13.4. The van der Waals surface area contributed by atoms with Gasteiger partial charge in [-0.05, 0) is 30.7 Å². The van der Waals surface area contributed by atoms with Crippen molar-refractivity contribution in [3.05, 3.63) is 53.6 Å². The van der Waals surface area contributed by atoms with E-state index in [0.29, 0.717) is 17.3 Å². The molecular formula is C19H19N3O2S. The molecule has 1 aliphatic heterocycles. The molecule has 0 saturated heterocycles. The van der Waals surface area contributed by atoms with Gasteiger partial charge in [-0.2, -0.15) is 0 Å². The fourth-order valence-electron chi connectivity index (χ4n) is 3.35. The first-order chi connectivity index (χ1) is 12.2. The van der Waals surface area contributed by atoms with Gasteiger partial charge in [0.1, 0.15) is 0 Å². The van der Waals surface area contributed by atoms with E-state index in [1.54, 1.807) is 0 Å². The average Bonchev–Trinajstić information content (AvgIpc) is 3.07. The number of anilines is 1. The Hall–Kier alpha value is -2.47. The van der Waals surface area contributed by atoms with Crippen molar-refractivity contribution in [2.75, 3.05) is 18.0 Å². The molecule has 4 rings (SSSR count). The largest absolute Gasteiger partial charge is 0.371 e. The summed E-state index contributed by atoms with van der Waals surface area (Å²) in [6.45, 7) is 3.62. The lowest BCUT2D eigenvalue weighted by Gasteiger charge is -2.31. The molecule has 1 atom stereocenters. The van der Waals surface area contributed by atoms with Crippen LogP contribution in [0.4, 0.5) is 5.69 Å². The Balaban J connectivity index is 1.70. The van der Waals surface area contributed by atoms with E-state index in [2.05, 4.69) is 21.8 Å². The van der Waals surface area contributed by atoms with E-state index >= 15 is 0 Å². The zero-order valence-corrected chi connectivity index (χ0v) is 14.8. The van der Waals surface area contributed by atoms with Crippen molar-refractivity contribution < 1.29 is 9.00 Å². The number of carbonyl (C=O) groups excluding carboxylic acids is 1. The van der Waals surface area contributed by atoms with Crippen molar-refractivity contribution in [1.82, 2.24) is 9.97 Å². The van der Waals surface area contributed by atoms with E-state index in [9.17, 15) is 9.00 Å². The van der Waals surface area contributed by atoms with Crippen LogP contribution in [0.1, 0.15) is 29.3 Å². The molecule has 1 N–H and O–H groups in total. The van der Waals surface area contributed by atoms with E-state index in [-0.39, 0.29) is 5.78 Å². The Kier molecular flexibility index (Phi) is 4.13. The molecule has 6 heteroatoms. The van der Waals surface area contributed by atoms with Crippen LogP contribution in [0.15, 0.2) is 47.6 Å². The van der Waals surface area contributed by atoms with E-state index in [0.717, 1.165) is 40.9 Å². The van der Waals surface area contributed by atoms with Gasteiger partial charge < -0.3 is 9.88 Å². The molecule has 0 saturated carbocycles. The van der Waals surface area contributed by atoms with Crippen molar-refractivity contribution in [3.8, 4) is 0 Å². The quantitative estimate of drug-likeness (QED) is 0.782. The third-order valence-electron chi connectivity index (χ3n) is 4.60. The first-order valence-electron chi connectivity index (χ1n) is 8.40. The number of imidazole rings is 1. The number of hydrogen-bond donors (Lipinski definition) is 1. The highest BCUT2D eigenvalue weighted by Crippen LogP contribution is 2.32. The number of Topliss-reactive ketones (excluding diaryl/α,β-unsaturated/α-hetero) is 1. The number of aromatic amines is 1. The third kappa shape index (κ3) is 2.87. The number of H-pyrrole nitrogens is 1. The Labute approximate surface area is 148 Å². The number of nitrogens with one attached hydrogen (secondary N) is 1. The average molecular weight is 353 g/mol. The van der Waals surface area contributed by atoms with Gasteiger partial charge >= 0.3 is 0 Å². The Morgan fingerprint density at radius 1 is 1.20 bits per heavy atom. The molecule has 128 valence electrons. The van der Waals surface area contributed by atoms with Gasteiger partial charge in [0.15, 0.2) is 10.9 Å². The molecule has 0 bridgehead atoms. The monoisotopic (exact) mass is 353 g/mol. The second-order valence-electron chi connectivity index (χ2n) is 6.12. The van der Waals surface area contributed by atoms with E-state index in [4.69, 9.17) is 0 Å². The van der Waals surface area contributed by atoms with Crippen LogP contribution in [0.2, 0.25) is 0 Å². The van der Waals surface area contributed by atoms with E-state index in [1.807, 2.05) is 42.5 Å². The van der Waals surface area contributed by atoms with Crippen molar-refractivity contribution >= 4 is 33.3 Å². The lowest BCUT2D eigenvalue weighted by Crippen LogP contribution is -2.33. The maximum atomic E-state index is 12.9. The predicted octanol–water partition coefficient (Wildman–Crippen LogP) is 3.28. The zero-order chi connectivity index (χ0) is 17.4.